The van der Waals surface area contributed by atoms with Crippen LogP contribution in [0.15, 0.2) is 18.2 Å². The lowest BCUT2D eigenvalue weighted by atomic mass is 10.2. The largest absolute Gasteiger partial charge is 0.301 e. The zero-order valence-corrected chi connectivity index (χ0v) is 10.7. The van der Waals surface area contributed by atoms with Gasteiger partial charge < -0.3 is 5.32 Å². The van der Waals surface area contributed by atoms with Crippen LogP contribution in [0.25, 0.3) is 10.2 Å². The normalized spacial score (nSPS) is 10.6. The summed E-state index contributed by atoms with van der Waals surface area (Å²) in [4.78, 5) is 15.7. The van der Waals surface area contributed by atoms with Crippen LogP contribution in [0, 0.1) is 6.92 Å². The van der Waals surface area contributed by atoms with Gasteiger partial charge in [0.15, 0.2) is 5.13 Å². The van der Waals surface area contributed by atoms with E-state index >= 15 is 0 Å². The number of anilines is 1. The predicted octanol–water partition coefficient (Wildman–Crippen LogP) is 2.91. The number of rotatable bonds is 3. The monoisotopic (exact) mass is 252 g/mol. The maximum Gasteiger partial charge on any atom is 0.236 e. The quantitative estimate of drug-likeness (QED) is 0.913. The zero-order chi connectivity index (χ0) is 11.5. The molecule has 0 saturated carbocycles. The molecule has 0 radical (unpaired) electrons. The number of nitrogens with zero attached hydrogens (tertiary/aromatic N) is 1. The Morgan fingerprint density at radius 1 is 1.56 bits per heavy atom. The fourth-order valence-corrected chi connectivity index (χ4v) is 2.69. The van der Waals surface area contributed by atoms with Crippen LogP contribution < -0.4 is 5.32 Å². The second-order valence-electron chi connectivity index (χ2n) is 3.47. The number of thiazole rings is 1. The van der Waals surface area contributed by atoms with Crippen LogP contribution in [0.4, 0.5) is 5.13 Å². The van der Waals surface area contributed by atoms with Gasteiger partial charge in [-0.3, -0.25) is 4.79 Å². The summed E-state index contributed by atoms with van der Waals surface area (Å²) in [5, 5.41) is 3.48. The van der Waals surface area contributed by atoms with Crippen molar-refractivity contribution < 1.29 is 4.79 Å². The van der Waals surface area contributed by atoms with Crippen molar-refractivity contribution in [3.63, 3.8) is 0 Å². The standard InChI is InChI=1S/C11H12N2OS2/c1-7-3-4-8-9(5-7)16-11(12-8)13-10(14)6-15-2/h3-5H,6H2,1-2H3,(H,12,13,14). The summed E-state index contributed by atoms with van der Waals surface area (Å²) in [6.07, 6.45) is 1.90. The lowest BCUT2D eigenvalue weighted by molar-refractivity contribution is -0.113. The molecule has 2 rings (SSSR count). The van der Waals surface area contributed by atoms with Crippen molar-refractivity contribution in [2.24, 2.45) is 0 Å². The van der Waals surface area contributed by atoms with E-state index in [9.17, 15) is 4.79 Å². The third kappa shape index (κ3) is 2.54. The van der Waals surface area contributed by atoms with Crippen LogP contribution in [0.2, 0.25) is 0 Å². The van der Waals surface area contributed by atoms with Crippen molar-refractivity contribution in [3.05, 3.63) is 23.8 Å². The van der Waals surface area contributed by atoms with Gasteiger partial charge in [0, 0.05) is 0 Å². The van der Waals surface area contributed by atoms with E-state index in [2.05, 4.69) is 16.4 Å². The molecular weight excluding hydrogens is 240 g/mol. The van der Waals surface area contributed by atoms with Crippen LogP contribution in [0.1, 0.15) is 5.56 Å². The molecule has 1 heterocycles. The van der Waals surface area contributed by atoms with E-state index in [-0.39, 0.29) is 5.91 Å². The number of aromatic nitrogens is 1. The van der Waals surface area contributed by atoms with Gasteiger partial charge in [-0.15, -0.1) is 0 Å². The summed E-state index contributed by atoms with van der Waals surface area (Å²) in [5.74, 6) is 0.470. The third-order valence-electron chi connectivity index (χ3n) is 2.07. The second kappa shape index (κ2) is 4.84. The summed E-state index contributed by atoms with van der Waals surface area (Å²) in [6.45, 7) is 2.05. The number of benzene rings is 1. The van der Waals surface area contributed by atoms with Crippen LogP contribution in [0.5, 0.6) is 0 Å². The van der Waals surface area contributed by atoms with Crippen molar-refractivity contribution in [2.45, 2.75) is 6.92 Å². The van der Waals surface area contributed by atoms with E-state index in [0.29, 0.717) is 10.9 Å². The van der Waals surface area contributed by atoms with Crippen molar-refractivity contribution in [1.82, 2.24) is 4.98 Å². The first kappa shape index (κ1) is 11.4. The fourth-order valence-electron chi connectivity index (χ4n) is 1.37. The fraction of sp³-hybridized carbons (Fsp3) is 0.273. The van der Waals surface area contributed by atoms with Crippen LogP contribution in [-0.2, 0) is 4.79 Å². The number of aryl methyl sites for hydroxylation is 1. The molecule has 0 aliphatic heterocycles. The van der Waals surface area contributed by atoms with Gasteiger partial charge in [-0.1, -0.05) is 17.4 Å². The van der Waals surface area contributed by atoms with Crippen molar-refractivity contribution in [2.75, 3.05) is 17.3 Å². The number of nitrogens with one attached hydrogen (secondary N) is 1. The first-order valence-corrected chi connectivity index (χ1v) is 7.06. The summed E-state index contributed by atoms with van der Waals surface area (Å²) < 4.78 is 1.11. The Morgan fingerprint density at radius 3 is 3.12 bits per heavy atom. The van der Waals surface area contributed by atoms with Crippen LogP contribution >= 0.6 is 23.1 Å². The minimum atomic E-state index is 0.00304. The van der Waals surface area contributed by atoms with Crippen LogP contribution in [0.3, 0.4) is 0 Å². The predicted molar refractivity (Wildman–Crippen MR) is 71.4 cm³/mol. The Balaban J connectivity index is 2.23. The zero-order valence-electron chi connectivity index (χ0n) is 9.11. The minimum absolute atomic E-state index is 0.00304. The smallest absolute Gasteiger partial charge is 0.236 e. The molecule has 1 N–H and O–H groups in total. The maximum atomic E-state index is 11.4. The molecule has 16 heavy (non-hydrogen) atoms. The second-order valence-corrected chi connectivity index (χ2v) is 5.37. The molecular formula is C11H12N2OS2. The number of hydrogen-bond acceptors (Lipinski definition) is 4. The summed E-state index contributed by atoms with van der Waals surface area (Å²) in [6, 6.07) is 6.08. The van der Waals surface area contributed by atoms with E-state index in [1.54, 1.807) is 0 Å². The molecule has 5 heteroatoms. The van der Waals surface area contributed by atoms with Crippen molar-refractivity contribution in [1.29, 1.82) is 0 Å². The Bertz CT molecular complexity index is 522. The van der Waals surface area contributed by atoms with Gasteiger partial charge in [0.1, 0.15) is 0 Å². The number of amides is 1. The van der Waals surface area contributed by atoms with Gasteiger partial charge >= 0.3 is 0 Å². The Hall–Kier alpha value is -1.07. The molecule has 3 nitrogen and oxygen atoms in total. The lowest BCUT2D eigenvalue weighted by Gasteiger charge is -1.97. The highest BCUT2D eigenvalue weighted by atomic mass is 32.2. The molecule has 2 aromatic rings. The molecule has 0 bridgehead atoms. The summed E-state index contributed by atoms with van der Waals surface area (Å²) in [5.41, 5.74) is 2.15. The SMILES string of the molecule is CSCC(=O)Nc1nc2ccc(C)cc2s1. The number of carbonyl (C=O) groups is 1. The Morgan fingerprint density at radius 2 is 2.38 bits per heavy atom. The molecule has 0 saturated heterocycles. The lowest BCUT2D eigenvalue weighted by Crippen LogP contribution is -2.13. The van der Waals surface area contributed by atoms with E-state index < -0.39 is 0 Å². The maximum absolute atomic E-state index is 11.4. The van der Waals surface area contributed by atoms with E-state index in [1.165, 1.54) is 28.7 Å². The molecule has 0 fully saturated rings. The van der Waals surface area contributed by atoms with Crippen LogP contribution in [-0.4, -0.2) is 22.9 Å². The number of carbonyl (C=O) groups excluding carboxylic acids is 1. The third-order valence-corrected chi connectivity index (χ3v) is 3.55. The van der Waals surface area contributed by atoms with Gasteiger partial charge in [-0.25, -0.2) is 4.98 Å². The van der Waals surface area contributed by atoms with Gasteiger partial charge in [0.25, 0.3) is 0 Å². The highest BCUT2D eigenvalue weighted by molar-refractivity contribution is 7.99. The van der Waals surface area contributed by atoms with E-state index in [0.717, 1.165) is 10.2 Å². The Labute approximate surface area is 102 Å². The molecule has 0 unspecified atom stereocenters. The molecule has 0 atom stereocenters. The number of fused-ring (bicyclic) bond motifs is 1. The average Bonchev–Trinajstić information content (AvgIpc) is 2.59. The van der Waals surface area contributed by atoms with Crippen molar-refractivity contribution >= 4 is 44.4 Å². The van der Waals surface area contributed by atoms with Gasteiger partial charge in [-0.05, 0) is 30.9 Å². The first-order chi connectivity index (χ1) is 7.69. The van der Waals surface area contributed by atoms with Gasteiger partial charge in [0.05, 0.1) is 16.0 Å². The average molecular weight is 252 g/mol. The molecule has 0 spiro atoms. The van der Waals surface area contributed by atoms with Crippen molar-refractivity contribution in [3.8, 4) is 0 Å². The minimum Gasteiger partial charge on any atom is -0.301 e. The molecule has 84 valence electrons. The number of thioether (sulfide) groups is 1. The summed E-state index contributed by atoms with van der Waals surface area (Å²) >= 11 is 3.02. The first-order valence-electron chi connectivity index (χ1n) is 4.85. The highest BCUT2D eigenvalue weighted by Gasteiger charge is 2.06. The summed E-state index contributed by atoms with van der Waals surface area (Å²) in [7, 11) is 0. The molecule has 1 amide bonds. The van der Waals surface area contributed by atoms with Gasteiger partial charge in [-0.2, -0.15) is 11.8 Å². The highest BCUT2D eigenvalue weighted by Crippen LogP contribution is 2.26. The van der Waals surface area contributed by atoms with E-state index in [1.807, 2.05) is 25.3 Å². The molecule has 1 aromatic carbocycles. The molecule has 0 aliphatic carbocycles. The molecule has 0 aliphatic rings. The Kier molecular flexibility index (Phi) is 3.46. The van der Waals surface area contributed by atoms with Gasteiger partial charge in [0.2, 0.25) is 5.91 Å². The van der Waals surface area contributed by atoms with E-state index in [4.69, 9.17) is 0 Å². The topological polar surface area (TPSA) is 42.0 Å². The molecule has 1 aromatic heterocycles. The number of hydrogen-bond donors (Lipinski definition) is 1.